The Labute approximate surface area is 111 Å². The van der Waals surface area contributed by atoms with Gasteiger partial charge in [0.2, 0.25) is 0 Å². The highest BCUT2D eigenvalue weighted by molar-refractivity contribution is 7.80. The zero-order chi connectivity index (χ0) is 13.4. The van der Waals surface area contributed by atoms with Crippen molar-refractivity contribution in [3.8, 4) is 0 Å². The van der Waals surface area contributed by atoms with Crippen molar-refractivity contribution in [2.75, 3.05) is 25.1 Å². The highest BCUT2D eigenvalue weighted by Gasteiger charge is 2.05. The van der Waals surface area contributed by atoms with Gasteiger partial charge in [-0.1, -0.05) is 0 Å². The minimum absolute atomic E-state index is 0.0175. The second-order valence-corrected chi connectivity index (χ2v) is 3.81. The first-order chi connectivity index (χ1) is 8.67. The molecule has 0 bridgehead atoms. The van der Waals surface area contributed by atoms with Crippen molar-refractivity contribution < 1.29 is 14.6 Å². The minimum atomic E-state index is -0.343. The van der Waals surface area contributed by atoms with E-state index in [0.717, 1.165) is 5.69 Å². The molecule has 5 nitrogen and oxygen atoms in total. The number of carbonyl (C=O) groups is 1. The minimum Gasteiger partial charge on any atom is -0.462 e. The van der Waals surface area contributed by atoms with E-state index >= 15 is 0 Å². The van der Waals surface area contributed by atoms with E-state index in [-0.39, 0.29) is 12.6 Å². The molecule has 0 unspecified atom stereocenters. The summed E-state index contributed by atoms with van der Waals surface area (Å²) in [5.41, 5.74) is 1.26. The van der Waals surface area contributed by atoms with Gasteiger partial charge < -0.3 is 20.5 Å². The van der Waals surface area contributed by atoms with Crippen LogP contribution in [0.2, 0.25) is 0 Å². The van der Waals surface area contributed by atoms with E-state index in [4.69, 9.17) is 22.1 Å². The molecule has 0 heterocycles. The Morgan fingerprint density at radius 3 is 2.61 bits per heavy atom. The van der Waals surface area contributed by atoms with E-state index in [0.29, 0.717) is 23.8 Å². The second-order valence-electron chi connectivity index (χ2n) is 3.40. The normalized spacial score (nSPS) is 9.67. The van der Waals surface area contributed by atoms with Crippen LogP contribution in [-0.2, 0) is 4.74 Å². The number of ether oxygens (including phenoxy) is 1. The molecule has 0 atom stereocenters. The molecule has 0 aromatic heterocycles. The van der Waals surface area contributed by atoms with Crippen molar-refractivity contribution in [2.45, 2.75) is 6.92 Å². The fraction of sp³-hybridized carbons (Fsp3) is 0.333. The maximum atomic E-state index is 11.4. The summed E-state index contributed by atoms with van der Waals surface area (Å²) in [5.74, 6) is -0.343. The number of hydrogen-bond acceptors (Lipinski definition) is 4. The van der Waals surface area contributed by atoms with Gasteiger partial charge in [0.1, 0.15) is 0 Å². The van der Waals surface area contributed by atoms with Crippen molar-refractivity contribution in [1.29, 1.82) is 0 Å². The molecule has 1 aromatic rings. The van der Waals surface area contributed by atoms with Gasteiger partial charge in [0.05, 0.1) is 18.8 Å². The van der Waals surface area contributed by atoms with Crippen molar-refractivity contribution in [1.82, 2.24) is 5.32 Å². The molecule has 18 heavy (non-hydrogen) atoms. The molecular weight excluding hydrogens is 252 g/mol. The Bertz CT molecular complexity index is 406. The molecular formula is C12H16N2O3S. The average molecular weight is 268 g/mol. The summed E-state index contributed by atoms with van der Waals surface area (Å²) < 4.78 is 4.88. The Morgan fingerprint density at radius 1 is 1.39 bits per heavy atom. The number of carbonyl (C=O) groups excluding carboxylic acids is 1. The molecule has 0 fully saturated rings. The Balaban J connectivity index is 2.55. The molecule has 1 aromatic carbocycles. The SMILES string of the molecule is CCOC(=O)c1ccc(NC(=S)NCCO)cc1. The summed E-state index contributed by atoms with van der Waals surface area (Å²) in [4.78, 5) is 11.4. The third-order valence-corrected chi connectivity index (χ3v) is 2.30. The summed E-state index contributed by atoms with van der Waals surface area (Å²) in [5, 5.41) is 14.8. The number of esters is 1. The standard InChI is InChI=1S/C12H16N2O3S/c1-2-17-11(16)9-3-5-10(6-4-9)14-12(18)13-7-8-15/h3-6,15H,2,7-8H2,1H3,(H2,13,14,18). The quantitative estimate of drug-likeness (QED) is 0.549. The number of thiocarbonyl (C=S) groups is 1. The summed E-state index contributed by atoms with van der Waals surface area (Å²) in [6.07, 6.45) is 0. The number of rotatable bonds is 5. The fourth-order valence-corrected chi connectivity index (χ4v) is 1.47. The maximum Gasteiger partial charge on any atom is 0.338 e. The van der Waals surface area contributed by atoms with Crippen molar-refractivity contribution in [3.63, 3.8) is 0 Å². The van der Waals surface area contributed by atoms with E-state index < -0.39 is 0 Å². The molecule has 3 N–H and O–H groups in total. The number of aliphatic hydroxyl groups is 1. The Morgan fingerprint density at radius 2 is 2.06 bits per heavy atom. The molecule has 98 valence electrons. The topological polar surface area (TPSA) is 70.6 Å². The van der Waals surface area contributed by atoms with Gasteiger partial charge >= 0.3 is 5.97 Å². The van der Waals surface area contributed by atoms with Crippen LogP contribution in [0.25, 0.3) is 0 Å². The van der Waals surface area contributed by atoms with Gasteiger partial charge in [-0.05, 0) is 43.4 Å². The van der Waals surface area contributed by atoms with Crippen LogP contribution in [0.15, 0.2) is 24.3 Å². The first-order valence-electron chi connectivity index (χ1n) is 5.60. The zero-order valence-electron chi connectivity index (χ0n) is 10.1. The number of benzene rings is 1. The van der Waals surface area contributed by atoms with Crippen LogP contribution < -0.4 is 10.6 Å². The summed E-state index contributed by atoms with van der Waals surface area (Å²) in [6.45, 7) is 2.53. The number of hydrogen-bond donors (Lipinski definition) is 3. The van der Waals surface area contributed by atoms with Crippen LogP contribution in [0.3, 0.4) is 0 Å². The highest BCUT2D eigenvalue weighted by atomic mass is 32.1. The van der Waals surface area contributed by atoms with Gasteiger partial charge in [-0.2, -0.15) is 0 Å². The monoisotopic (exact) mass is 268 g/mol. The van der Waals surface area contributed by atoms with Gasteiger partial charge in [-0.15, -0.1) is 0 Å². The van der Waals surface area contributed by atoms with Crippen LogP contribution >= 0.6 is 12.2 Å². The Hall–Kier alpha value is -1.66. The third kappa shape index (κ3) is 4.68. The molecule has 0 saturated carbocycles. The van der Waals surface area contributed by atoms with Crippen LogP contribution in [0.1, 0.15) is 17.3 Å². The summed E-state index contributed by atoms with van der Waals surface area (Å²) >= 11 is 5.00. The molecule has 0 spiro atoms. The molecule has 0 radical (unpaired) electrons. The van der Waals surface area contributed by atoms with E-state index in [1.165, 1.54) is 0 Å². The van der Waals surface area contributed by atoms with Crippen molar-refractivity contribution in [3.05, 3.63) is 29.8 Å². The molecule has 6 heteroatoms. The molecule has 0 saturated heterocycles. The molecule has 1 rings (SSSR count). The summed E-state index contributed by atoms with van der Waals surface area (Å²) in [6, 6.07) is 6.79. The van der Waals surface area contributed by atoms with Gasteiger partial charge in [0.15, 0.2) is 5.11 Å². The van der Waals surface area contributed by atoms with Crippen LogP contribution in [0.5, 0.6) is 0 Å². The molecule has 0 amide bonds. The van der Waals surface area contributed by atoms with E-state index in [2.05, 4.69) is 10.6 Å². The zero-order valence-corrected chi connectivity index (χ0v) is 10.9. The largest absolute Gasteiger partial charge is 0.462 e. The smallest absolute Gasteiger partial charge is 0.338 e. The third-order valence-electron chi connectivity index (χ3n) is 2.05. The van der Waals surface area contributed by atoms with Crippen molar-refractivity contribution in [2.24, 2.45) is 0 Å². The second kappa shape index (κ2) is 7.62. The number of aliphatic hydroxyl groups excluding tert-OH is 1. The lowest BCUT2D eigenvalue weighted by Crippen LogP contribution is -2.30. The number of anilines is 1. The predicted octanol–water partition coefficient (Wildman–Crippen LogP) is 1.14. The van der Waals surface area contributed by atoms with Gasteiger partial charge in [-0.25, -0.2) is 4.79 Å². The Kier molecular flexibility index (Phi) is 6.10. The van der Waals surface area contributed by atoms with Crippen LogP contribution in [0.4, 0.5) is 5.69 Å². The van der Waals surface area contributed by atoms with Crippen LogP contribution in [-0.4, -0.2) is 35.9 Å². The first-order valence-corrected chi connectivity index (χ1v) is 6.01. The lowest BCUT2D eigenvalue weighted by molar-refractivity contribution is 0.0526. The first kappa shape index (κ1) is 14.4. The lowest BCUT2D eigenvalue weighted by Gasteiger charge is -2.09. The van der Waals surface area contributed by atoms with Crippen LogP contribution in [0, 0.1) is 0 Å². The average Bonchev–Trinajstić information content (AvgIpc) is 2.37. The summed E-state index contributed by atoms with van der Waals surface area (Å²) in [7, 11) is 0. The highest BCUT2D eigenvalue weighted by Crippen LogP contribution is 2.10. The van der Waals surface area contributed by atoms with Gasteiger partial charge in [0, 0.05) is 12.2 Å². The lowest BCUT2D eigenvalue weighted by atomic mass is 10.2. The van der Waals surface area contributed by atoms with E-state index in [1.807, 2.05) is 0 Å². The fourth-order valence-electron chi connectivity index (χ4n) is 1.25. The molecule has 0 aliphatic heterocycles. The van der Waals surface area contributed by atoms with Gasteiger partial charge in [-0.3, -0.25) is 0 Å². The van der Waals surface area contributed by atoms with E-state index in [9.17, 15) is 4.79 Å². The molecule has 0 aliphatic carbocycles. The maximum absolute atomic E-state index is 11.4. The van der Waals surface area contributed by atoms with Crippen molar-refractivity contribution >= 4 is 29.0 Å². The molecule has 0 aliphatic rings. The van der Waals surface area contributed by atoms with Gasteiger partial charge in [0.25, 0.3) is 0 Å². The number of nitrogens with one attached hydrogen (secondary N) is 2. The van der Waals surface area contributed by atoms with E-state index in [1.54, 1.807) is 31.2 Å². The predicted molar refractivity (Wildman–Crippen MR) is 73.7 cm³/mol.